The highest BCUT2D eigenvalue weighted by molar-refractivity contribution is 7.98. The molecule has 0 saturated heterocycles. The number of nitrogens with zero attached hydrogens (tertiary/aromatic N) is 3. The molecule has 0 atom stereocenters. The summed E-state index contributed by atoms with van der Waals surface area (Å²) in [7, 11) is 0. The van der Waals surface area contributed by atoms with Crippen LogP contribution in [-0.2, 0) is 10.5 Å². The fraction of sp³-hybridized carbons (Fsp3) is 0.333. The van der Waals surface area contributed by atoms with E-state index >= 15 is 0 Å². The second kappa shape index (κ2) is 8.07. The van der Waals surface area contributed by atoms with Gasteiger partial charge in [-0.25, -0.2) is 4.68 Å². The van der Waals surface area contributed by atoms with Crippen molar-refractivity contribution in [2.45, 2.75) is 31.7 Å². The predicted molar refractivity (Wildman–Crippen MR) is 95.7 cm³/mol. The topological polar surface area (TPSA) is 71.8 Å². The van der Waals surface area contributed by atoms with Crippen molar-refractivity contribution in [2.24, 2.45) is 5.92 Å². The molecule has 122 valence electrons. The van der Waals surface area contributed by atoms with Gasteiger partial charge in [-0.1, -0.05) is 55.9 Å². The van der Waals surface area contributed by atoms with Gasteiger partial charge in [-0.15, -0.1) is 10.2 Å². The molecule has 0 aliphatic heterocycles. The summed E-state index contributed by atoms with van der Waals surface area (Å²) in [6.07, 6.45) is 0. The van der Waals surface area contributed by atoms with Crippen LogP contribution in [0.25, 0.3) is 0 Å². The van der Waals surface area contributed by atoms with E-state index in [-0.39, 0.29) is 16.9 Å². The number of rotatable bonds is 5. The standard InChI is InChI=1S/C15H19N5OS2/c1-10(2)13(21)16-14(22)19-20-11(3)17-18-15(20)23-9-12-7-5-4-6-8-12/h4-8,10H,9H2,1-3H3,(H2,16,19,21,22). The number of aromatic nitrogens is 3. The van der Waals surface area contributed by atoms with Crippen molar-refractivity contribution in [3.63, 3.8) is 0 Å². The number of hydrogen-bond donors (Lipinski definition) is 2. The number of hydrogen-bond acceptors (Lipinski definition) is 5. The molecule has 8 heteroatoms. The second-order valence-electron chi connectivity index (χ2n) is 5.22. The Hall–Kier alpha value is -1.93. The molecule has 0 radical (unpaired) electrons. The molecule has 1 amide bonds. The zero-order valence-electron chi connectivity index (χ0n) is 13.2. The second-order valence-corrected chi connectivity index (χ2v) is 6.58. The molecule has 0 spiro atoms. The zero-order valence-corrected chi connectivity index (χ0v) is 14.9. The Labute approximate surface area is 145 Å². The lowest BCUT2D eigenvalue weighted by molar-refractivity contribution is -0.122. The number of carbonyl (C=O) groups excluding carboxylic acids is 1. The molecule has 0 fully saturated rings. The van der Waals surface area contributed by atoms with Crippen LogP contribution in [0.5, 0.6) is 0 Å². The van der Waals surface area contributed by atoms with Crippen LogP contribution in [0.2, 0.25) is 0 Å². The molecular formula is C15H19N5OS2. The Morgan fingerprint density at radius 2 is 2.00 bits per heavy atom. The van der Waals surface area contributed by atoms with E-state index in [0.717, 1.165) is 5.75 Å². The lowest BCUT2D eigenvalue weighted by Gasteiger charge is -2.14. The number of nitrogens with one attached hydrogen (secondary N) is 2. The van der Waals surface area contributed by atoms with E-state index in [2.05, 4.69) is 33.1 Å². The summed E-state index contributed by atoms with van der Waals surface area (Å²) in [5.41, 5.74) is 4.15. The molecule has 2 N–H and O–H groups in total. The molecule has 0 aliphatic carbocycles. The average Bonchev–Trinajstić information content (AvgIpc) is 2.86. The van der Waals surface area contributed by atoms with Crippen LogP contribution in [0.4, 0.5) is 0 Å². The van der Waals surface area contributed by atoms with E-state index in [1.54, 1.807) is 16.4 Å². The highest BCUT2D eigenvalue weighted by atomic mass is 32.2. The highest BCUT2D eigenvalue weighted by Crippen LogP contribution is 2.20. The first-order valence-corrected chi connectivity index (χ1v) is 8.57. The van der Waals surface area contributed by atoms with Crippen molar-refractivity contribution in [1.29, 1.82) is 0 Å². The van der Waals surface area contributed by atoms with Crippen molar-refractivity contribution >= 4 is 35.0 Å². The van der Waals surface area contributed by atoms with E-state index in [9.17, 15) is 4.79 Å². The SMILES string of the molecule is Cc1nnc(SCc2ccccc2)n1NC(=S)NC(=O)C(C)C. The minimum atomic E-state index is -0.135. The fourth-order valence-electron chi connectivity index (χ4n) is 1.67. The highest BCUT2D eigenvalue weighted by Gasteiger charge is 2.13. The third-order valence-corrected chi connectivity index (χ3v) is 4.17. The van der Waals surface area contributed by atoms with Crippen LogP contribution >= 0.6 is 24.0 Å². The Kier molecular flexibility index (Phi) is 6.12. The summed E-state index contributed by atoms with van der Waals surface area (Å²) in [6, 6.07) is 10.1. The van der Waals surface area contributed by atoms with Gasteiger partial charge in [-0.05, 0) is 24.7 Å². The minimum Gasteiger partial charge on any atom is -0.302 e. The molecule has 0 aliphatic rings. The third-order valence-electron chi connectivity index (χ3n) is 2.98. The number of thioether (sulfide) groups is 1. The maximum absolute atomic E-state index is 11.7. The summed E-state index contributed by atoms with van der Waals surface area (Å²) < 4.78 is 1.68. The Morgan fingerprint density at radius 1 is 1.30 bits per heavy atom. The van der Waals surface area contributed by atoms with Crippen molar-refractivity contribution in [3.05, 3.63) is 41.7 Å². The van der Waals surface area contributed by atoms with Gasteiger partial charge in [0.2, 0.25) is 11.1 Å². The van der Waals surface area contributed by atoms with Crippen molar-refractivity contribution in [3.8, 4) is 0 Å². The van der Waals surface area contributed by atoms with Gasteiger partial charge in [0, 0.05) is 11.7 Å². The lowest BCUT2D eigenvalue weighted by atomic mass is 10.2. The third kappa shape index (κ3) is 5.04. The van der Waals surface area contributed by atoms with Gasteiger partial charge in [0.25, 0.3) is 0 Å². The van der Waals surface area contributed by atoms with Gasteiger partial charge >= 0.3 is 0 Å². The molecular weight excluding hydrogens is 330 g/mol. The molecule has 23 heavy (non-hydrogen) atoms. The smallest absolute Gasteiger partial charge is 0.228 e. The Balaban J connectivity index is 2.01. The van der Waals surface area contributed by atoms with Crippen LogP contribution in [0, 0.1) is 12.8 Å². The molecule has 0 saturated carbocycles. The lowest BCUT2D eigenvalue weighted by Crippen LogP contribution is -2.40. The number of benzene rings is 1. The van der Waals surface area contributed by atoms with E-state index in [1.165, 1.54) is 5.56 Å². The van der Waals surface area contributed by atoms with Gasteiger partial charge in [0.1, 0.15) is 5.82 Å². The average molecular weight is 349 g/mol. The number of thiocarbonyl (C=S) groups is 1. The Morgan fingerprint density at radius 3 is 2.65 bits per heavy atom. The molecule has 1 heterocycles. The quantitative estimate of drug-likeness (QED) is 0.638. The van der Waals surface area contributed by atoms with Crippen molar-refractivity contribution in [1.82, 2.24) is 20.2 Å². The maximum atomic E-state index is 11.7. The van der Waals surface area contributed by atoms with E-state index in [0.29, 0.717) is 11.0 Å². The molecule has 1 aromatic heterocycles. The van der Waals surface area contributed by atoms with Gasteiger partial charge in [0.15, 0.2) is 5.11 Å². The van der Waals surface area contributed by atoms with E-state index in [4.69, 9.17) is 12.2 Å². The summed E-state index contributed by atoms with van der Waals surface area (Å²) in [5, 5.41) is 11.8. The molecule has 1 aromatic carbocycles. The summed E-state index contributed by atoms with van der Waals surface area (Å²) in [5.74, 6) is 1.17. The molecule has 0 bridgehead atoms. The van der Waals surface area contributed by atoms with Crippen LogP contribution in [0.3, 0.4) is 0 Å². The molecule has 2 aromatic rings. The van der Waals surface area contributed by atoms with Gasteiger partial charge in [0.05, 0.1) is 0 Å². The van der Waals surface area contributed by atoms with Gasteiger partial charge < -0.3 is 5.32 Å². The summed E-state index contributed by atoms with van der Waals surface area (Å²) >= 11 is 6.71. The van der Waals surface area contributed by atoms with Gasteiger partial charge in [-0.3, -0.25) is 10.2 Å². The van der Waals surface area contributed by atoms with Gasteiger partial charge in [-0.2, -0.15) is 0 Å². The zero-order chi connectivity index (χ0) is 16.8. The number of carbonyl (C=O) groups is 1. The largest absolute Gasteiger partial charge is 0.302 e. The first-order valence-electron chi connectivity index (χ1n) is 7.18. The minimum absolute atomic E-state index is 0.133. The fourth-order valence-corrected chi connectivity index (χ4v) is 2.76. The monoisotopic (exact) mass is 349 g/mol. The van der Waals surface area contributed by atoms with Crippen molar-refractivity contribution in [2.75, 3.05) is 5.43 Å². The maximum Gasteiger partial charge on any atom is 0.228 e. The van der Waals surface area contributed by atoms with E-state index in [1.807, 2.05) is 39.0 Å². The number of amides is 1. The van der Waals surface area contributed by atoms with Crippen LogP contribution in [-0.4, -0.2) is 25.9 Å². The summed E-state index contributed by atoms with van der Waals surface area (Å²) in [6.45, 7) is 5.44. The molecule has 2 rings (SSSR count). The number of aryl methyl sites for hydroxylation is 1. The Bertz CT molecular complexity index is 684. The first-order chi connectivity index (χ1) is 11.0. The van der Waals surface area contributed by atoms with Crippen LogP contribution in [0.15, 0.2) is 35.5 Å². The predicted octanol–water partition coefficient (Wildman–Crippen LogP) is 2.48. The normalized spacial score (nSPS) is 10.6. The summed E-state index contributed by atoms with van der Waals surface area (Å²) in [4.78, 5) is 11.7. The van der Waals surface area contributed by atoms with Crippen LogP contribution < -0.4 is 10.7 Å². The molecule has 6 nitrogen and oxygen atoms in total. The van der Waals surface area contributed by atoms with Crippen molar-refractivity contribution < 1.29 is 4.79 Å². The molecule has 0 unspecified atom stereocenters. The first kappa shape index (κ1) is 17.4. The van der Waals surface area contributed by atoms with Crippen LogP contribution in [0.1, 0.15) is 25.2 Å². The van der Waals surface area contributed by atoms with E-state index < -0.39 is 0 Å².